The maximum atomic E-state index is 12.9. The quantitative estimate of drug-likeness (QED) is 0.283. The number of benzene rings is 3. The zero-order valence-electron chi connectivity index (χ0n) is 19.2. The van der Waals surface area contributed by atoms with E-state index in [2.05, 4.69) is 6.07 Å². The summed E-state index contributed by atoms with van der Waals surface area (Å²) in [6.07, 6.45) is 1.69. The first-order chi connectivity index (χ1) is 16.8. The van der Waals surface area contributed by atoms with E-state index in [4.69, 9.17) is 32.7 Å². The van der Waals surface area contributed by atoms with Crippen LogP contribution in [0.1, 0.15) is 29.2 Å². The number of amides is 2. The van der Waals surface area contributed by atoms with Crippen LogP contribution in [-0.4, -0.2) is 22.7 Å². The van der Waals surface area contributed by atoms with Crippen LogP contribution in [-0.2, 0) is 17.9 Å². The highest BCUT2D eigenvalue weighted by molar-refractivity contribution is 8.18. The first kappa shape index (κ1) is 25.2. The highest BCUT2D eigenvalue weighted by Crippen LogP contribution is 2.36. The summed E-state index contributed by atoms with van der Waals surface area (Å²) in [5, 5.41) is 0.455. The Labute approximate surface area is 218 Å². The molecule has 4 rings (SSSR count). The molecule has 0 atom stereocenters. The Bertz CT molecular complexity index is 1310. The lowest BCUT2D eigenvalue weighted by Crippen LogP contribution is -2.27. The molecule has 0 radical (unpaired) electrons. The van der Waals surface area contributed by atoms with Crippen molar-refractivity contribution in [1.82, 2.24) is 4.90 Å². The minimum Gasteiger partial charge on any atom is -0.490 e. The largest absolute Gasteiger partial charge is 0.490 e. The Kier molecular flexibility index (Phi) is 8.06. The molecule has 1 aliphatic heterocycles. The molecule has 8 heteroatoms. The number of carbonyl (C=O) groups is 2. The van der Waals surface area contributed by atoms with E-state index in [1.54, 1.807) is 24.3 Å². The van der Waals surface area contributed by atoms with Gasteiger partial charge in [-0.3, -0.25) is 14.5 Å². The summed E-state index contributed by atoms with van der Waals surface area (Å²) in [4.78, 5) is 27.0. The first-order valence-corrected chi connectivity index (χ1v) is 12.6. The average molecular weight is 528 g/mol. The molecule has 1 fully saturated rings. The molecule has 2 amide bonds. The summed E-state index contributed by atoms with van der Waals surface area (Å²) >= 11 is 12.9. The van der Waals surface area contributed by atoms with E-state index in [0.29, 0.717) is 39.7 Å². The fourth-order valence-corrected chi connectivity index (χ4v) is 4.73. The molecular weight excluding hydrogens is 505 g/mol. The molecule has 5 nitrogen and oxygen atoms in total. The molecule has 1 saturated heterocycles. The molecule has 0 saturated carbocycles. The van der Waals surface area contributed by atoms with Crippen LogP contribution in [0.3, 0.4) is 0 Å². The van der Waals surface area contributed by atoms with E-state index < -0.39 is 0 Å². The second-order valence-corrected chi connectivity index (χ2v) is 9.74. The lowest BCUT2D eigenvalue weighted by atomic mass is 10.1. The maximum Gasteiger partial charge on any atom is 0.293 e. The minimum absolute atomic E-state index is 0.120. The van der Waals surface area contributed by atoms with E-state index in [1.165, 1.54) is 10.5 Å². The van der Waals surface area contributed by atoms with Crippen molar-refractivity contribution in [3.05, 3.63) is 97.9 Å². The van der Waals surface area contributed by atoms with E-state index >= 15 is 0 Å². The van der Waals surface area contributed by atoms with Crippen molar-refractivity contribution in [2.24, 2.45) is 0 Å². The van der Waals surface area contributed by atoms with E-state index in [0.717, 1.165) is 28.5 Å². The molecule has 0 unspecified atom stereocenters. The number of ether oxygens (including phenoxy) is 2. The smallest absolute Gasteiger partial charge is 0.293 e. The van der Waals surface area contributed by atoms with Crippen molar-refractivity contribution in [3.63, 3.8) is 0 Å². The van der Waals surface area contributed by atoms with Crippen LogP contribution >= 0.6 is 35.0 Å². The zero-order chi connectivity index (χ0) is 24.9. The van der Waals surface area contributed by atoms with Gasteiger partial charge in [-0.05, 0) is 72.6 Å². The first-order valence-electron chi connectivity index (χ1n) is 11.0. The normalized spacial score (nSPS) is 14.6. The minimum atomic E-state index is -0.358. The monoisotopic (exact) mass is 527 g/mol. The Morgan fingerprint density at radius 2 is 1.74 bits per heavy atom. The Morgan fingerprint density at radius 1 is 0.914 bits per heavy atom. The van der Waals surface area contributed by atoms with Gasteiger partial charge >= 0.3 is 0 Å². The predicted octanol–water partition coefficient (Wildman–Crippen LogP) is 7.52. The van der Waals surface area contributed by atoms with Gasteiger partial charge in [0.25, 0.3) is 11.1 Å². The van der Waals surface area contributed by atoms with Crippen molar-refractivity contribution >= 4 is 52.2 Å². The molecule has 3 aromatic rings. The van der Waals surface area contributed by atoms with Crippen LogP contribution in [0.15, 0.2) is 65.6 Å². The fraction of sp³-hybridized carbons (Fsp3) is 0.185. The molecule has 0 N–H and O–H groups in total. The third-order valence-electron chi connectivity index (χ3n) is 5.24. The summed E-state index contributed by atoms with van der Waals surface area (Å²) in [6.45, 7) is 4.93. The van der Waals surface area contributed by atoms with Gasteiger partial charge in [0.05, 0.1) is 28.1 Å². The number of hydrogen-bond acceptors (Lipinski definition) is 5. The highest BCUT2D eigenvalue weighted by atomic mass is 35.5. The summed E-state index contributed by atoms with van der Waals surface area (Å²) in [7, 11) is 0. The standard InChI is InChI=1S/C27H23Cl2NO4S/c1-3-33-24-13-18(8-10-23(24)34-16-20-6-4-5-17(2)11-20)14-25-26(31)30(27(32)35-25)15-19-7-9-21(28)22(29)12-19/h4-14H,3,15-16H2,1-2H3/b25-14-. The Balaban J connectivity index is 1.50. The summed E-state index contributed by atoms with van der Waals surface area (Å²) in [6, 6.07) is 18.6. The fourth-order valence-electron chi connectivity index (χ4n) is 3.57. The van der Waals surface area contributed by atoms with Crippen molar-refractivity contribution in [3.8, 4) is 11.5 Å². The number of nitrogens with zero attached hydrogens (tertiary/aromatic N) is 1. The van der Waals surface area contributed by atoms with Gasteiger partial charge in [0.1, 0.15) is 6.61 Å². The number of thioether (sulfide) groups is 1. The van der Waals surface area contributed by atoms with Crippen LogP contribution in [0.4, 0.5) is 4.79 Å². The second kappa shape index (κ2) is 11.2. The molecule has 0 aromatic heterocycles. The van der Waals surface area contributed by atoms with Gasteiger partial charge in [-0.2, -0.15) is 0 Å². The highest BCUT2D eigenvalue weighted by Gasteiger charge is 2.35. The van der Waals surface area contributed by atoms with Crippen molar-refractivity contribution < 1.29 is 19.1 Å². The second-order valence-electron chi connectivity index (χ2n) is 7.93. The van der Waals surface area contributed by atoms with Gasteiger partial charge < -0.3 is 9.47 Å². The third-order valence-corrected chi connectivity index (χ3v) is 6.89. The number of rotatable bonds is 8. The van der Waals surface area contributed by atoms with Crippen molar-refractivity contribution in [1.29, 1.82) is 0 Å². The van der Waals surface area contributed by atoms with Gasteiger partial charge in [0.2, 0.25) is 0 Å². The SMILES string of the molecule is CCOc1cc(/C=C2\SC(=O)N(Cc3ccc(Cl)c(Cl)c3)C2=O)ccc1OCc1cccc(C)c1. The van der Waals surface area contributed by atoms with Gasteiger partial charge in [0, 0.05) is 0 Å². The van der Waals surface area contributed by atoms with Gasteiger partial charge in [-0.15, -0.1) is 0 Å². The van der Waals surface area contributed by atoms with Crippen LogP contribution in [0.5, 0.6) is 11.5 Å². The molecule has 0 spiro atoms. The molecule has 35 heavy (non-hydrogen) atoms. The van der Waals surface area contributed by atoms with E-state index in [9.17, 15) is 9.59 Å². The Morgan fingerprint density at radius 3 is 2.49 bits per heavy atom. The van der Waals surface area contributed by atoms with Crippen LogP contribution in [0.2, 0.25) is 10.0 Å². The summed E-state index contributed by atoms with van der Waals surface area (Å²) in [5.74, 6) is 0.825. The number of imide groups is 1. The zero-order valence-corrected chi connectivity index (χ0v) is 21.5. The maximum absolute atomic E-state index is 12.9. The van der Waals surface area contributed by atoms with Gasteiger partial charge in [-0.25, -0.2) is 0 Å². The van der Waals surface area contributed by atoms with Crippen LogP contribution in [0.25, 0.3) is 6.08 Å². The molecule has 1 aliphatic rings. The molecule has 3 aromatic carbocycles. The topological polar surface area (TPSA) is 55.8 Å². The van der Waals surface area contributed by atoms with E-state index in [1.807, 2.05) is 50.2 Å². The lowest BCUT2D eigenvalue weighted by Gasteiger charge is -2.13. The number of hydrogen-bond donors (Lipinski definition) is 0. The lowest BCUT2D eigenvalue weighted by molar-refractivity contribution is -0.123. The van der Waals surface area contributed by atoms with Gasteiger partial charge in [0.15, 0.2) is 11.5 Å². The number of halogens is 2. The average Bonchev–Trinajstić information content (AvgIpc) is 3.08. The van der Waals surface area contributed by atoms with Crippen LogP contribution in [0, 0.1) is 6.92 Å². The van der Waals surface area contributed by atoms with Crippen molar-refractivity contribution in [2.75, 3.05) is 6.61 Å². The summed E-state index contributed by atoms with van der Waals surface area (Å²) in [5.41, 5.74) is 3.68. The number of carbonyl (C=O) groups excluding carboxylic acids is 2. The summed E-state index contributed by atoms with van der Waals surface area (Å²) < 4.78 is 11.8. The van der Waals surface area contributed by atoms with Crippen molar-refractivity contribution in [2.45, 2.75) is 27.0 Å². The van der Waals surface area contributed by atoms with Gasteiger partial charge in [-0.1, -0.05) is 65.2 Å². The number of aryl methyl sites for hydroxylation is 1. The molecule has 0 aliphatic carbocycles. The molecule has 180 valence electrons. The van der Waals surface area contributed by atoms with Crippen LogP contribution < -0.4 is 9.47 Å². The molecular formula is C27H23Cl2NO4S. The Hall–Kier alpha value is -2.93. The molecule has 1 heterocycles. The van der Waals surface area contributed by atoms with E-state index in [-0.39, 0.29) is 17.7 Å². The predicted molar refractivity (Wildman–Crippen MR) is 141 cm³/mol. The third kappa shape index (κ3) is 6.20. The molecule has 0 bridgehead atoms.